The van der Waals surface area contributed by atoms with Gasteiger partial charge < -0.3 is 14.9 Å². The first-order valence-corrected chi connectivity index (χ1v) is 5.17. The molecule has 0 atom stereocenters. The lowest BCUT2D eigenvalue weighted by Gasteiger charge is -2.07. The van der Waals surface area contributed by atoms with E-state index in [1.165, 1.54) is 24.3 Å². The second kappa shape index (κ2) is 3.79. The third kappa shape index (κ3) is 3.18. The number of aromatic carboxylic acids is 1. The van der Waals surface area contributed by atoms with Crippen LogP contribution in [0.3, 0.4) is 0 Å². The van der Waals surface area contributed by atoms with Gasteiger partial charge in [-0.3, -0.25) is 5.09 Å². The molecule has 0 unspecified atom stereocenters. The van der Waals surface area contributed by atoms with Crippen LogP contribution >= 0.6 is 7.75 Å². The van der Waals surface area contributed by atoms with Crippen LogP contribution in [0.15, 0.2) is 24.3 Å². The Kier molecular flexibility index (Phi) is 2.90. The molecule has 0 aliphatic rings. The summed E-state index contributed by atoms with van der Waals surface area (Å²) in [5, 5.41) is 10.5. The molecule has 0 saturated heterocycles. The minimum Gasteiger partial charge on any atom is -0.478 e. The second-order valence-electron chi connectivity index (χ2n) is 2.54. The normalized spacial score (nSPS) is 11.0. The molecule has 6 nitrogen and oxygen atoms in total. The molecule has 76 valence electrons. The molecule has 0 saturated carbocycles. The lowest BCUT2D eigenvalue weighted by molar-refractivity contribution is 0.0697. The topological polar surface area (TPSA) is 107 Å². The summed E-state index contributed by atoms with van der Waals surface area (Å²) in [5.41, 5.74) is 0.226. The Hall–Kier alpha value is -1.36. The number of anilines is 1. The van der Waals surface area contributed by atoms with E-state index in [-0.39, 0.29) is 11.3 Å². The van der Waals surface area contributed by atoms with Gasteiger partial charge in [-0.1, -0.05) is 0 Å². The van der Waals surface area contributed by atoms with E-state index in [1.807, 2.05) is 5.09 Å². The first-order chi connectivity index (χ1) is 6.38. The van der Waals surface area contributed by atoms with Gasteiger partial charge in [0.1, 0.15) is 0 Å². The average Bonchev–Trinajstić information content (AvgIpc) is 2.02. The van der Waals surface area contributed by atoms with E-state index in [2.05, 4.69) is 0 Å². The van der Waals surface area contributed by atoms with E-state index in [9.17, 15) is 9.36 Å². The number of carboxylic acids is 1. The zero-order chi connectivity index (χ0) is 10.8. The molecule has 14 heavy (non-hydrogen) atoms. The van der Waals surface area contributed by atoms with Crippen molar-refractivity contribution in [2.75, 3.05) is 5.09 Å². The third-order valence-electron chi connectivity index (χ3n) is 1.41. The Morgan fingerprint density at radius 3 is 2.07 bits per heavy atom. The van der Waals surface area contributed by atoms with Crippen molar-refractivity contribution in [3.63, 3.8) is 0 Å². The molecular formula is C7H8NO5P. The number of hydrogen-bond acceptors (Lipinski definition) is 2. The summed E-state index contributed by atoms with van der Waals surface area (Å²) in [5.74, 6) is -1.09. The number of carbonyl (C=O) groups is 1. The Bertz CT molecular complexity index is 382. The largest absolute Gasteiger partial charge is 0.478 e. The molecule has 0 aliphatic heterocycles. The molecule has 7 heteroatoms. The molecule has 0 fully saturated rings. The van der Waals surface area contributed by atoms with Crippen LogP contribution in [0.1, 0.15) is 10.4 Å². The zero-order valence-electron chi connectivity index (χ0n) is 6.91. The minimum absolute atomic E-state index is 0.0567. The van der Waals surface area contributed by atoms with Crippen molar-refractivity contribution < 1.29 is 24.3 Å². The molecule has 1 aromatic rings. The Balaban J connectivity index is 2.84. The highest BCUT2D eigenvalue weighted by atomic mass is 31.2. The van der Waals surface area contributed by atoms with Crippen molar-refractivity contribution in [1.29, 1.82) is 0 Å². The van der Waals surface area contributed by atoms with Crippen molar-refractivity contribution in [2.45, 2.75) is 0 Å². The second-order valence-corrected chi connectivity index (χ2v) is 3.85. The van der Waals surface area contributed by atoms with Gasteiger partial charge in [0.15, 0.2) is 0 Å². The number of rotatable bonds is 3. The molecule has 1 rings (SSSR count). The fraction of sp³-hybridized carbons (Fsp3) is 0. The highest BCUT2D eigenvalue weighted by Gasteiger charge is 2.12. The van der Waals surface area contributed by atoms with Gasteiger partial charge in [0, 0.05) is 5.69 Å². The molecule has 1 aromatic carbocycles. The molecular weight excluding hydrogens is 209 g/mol. The molecule has 0 spiro atoms. The molecule has 4 N–H and O–H groups in total. The Labute approximate surface area is 79.4 Å². The van der Waals surface area contributed by atoms with Gasteiger partial charge in [-0.25, -0.2) is 9.36 Å². The van der Waals surface area contributed by atoms with Gasteiger partial charge in [0.05, 0.1) is 5.56 Å². The molecule has 0 heterocycles. The van der Waals surface area contributed by atoms with Gasteiger partial charge in [-0.2, -0.15) is 0 Å². The first-order valence-electron chi connectivity index (χ1n) is 3.56. The van der Waals surface area contributed by atoms with Gasteiger partial charge in [0.25, 0.3) is 0 Å². The summed E-state index contributed by atoms with van der Waals surface area (Å²) in [6.45, 7) is 0. The van der Waals surface area contributed by atoms with Crippen LogP contribution in [0.2, 0.25) is 0 Å². The summed E-state index contributed by atoms with van der Waals surface area (Å²) in [4.78, 5) is 27.5. The van der Waals surface area contributed by atoms with Crippen molar-refractivity contribution >= 4 is 19.4 Å². The van der Waals surface area contributed by atoms with Crippen molar-refractivity contribution in [3.05, 3.63) is 29.8 Å². The van der Waals surface area contributed by atoms with Crippen LogP contribution in [-0.4, -0.2) is 20.9 Å². The number of benzene rings is 1. The van der Waals surface area contributed by atoms with E-state index in [0.717, 1.165) is 0 Å². The Morgan fingerprint density at radius 2 is 1.71 bits per heavy atom. The Morgan fingerprint density at radius 1 is 1.21 bits per heavy atom. The lowest BCUT2D eigenvalue weighted by Crippen LogP contribution is -1.98. The predicted molar refractivity (Wildman–Crippen MR) is 49.1 cm³/mol. The summed E-state index contributed by atoms with van der Waals surface area (Å²) in [6.07, 6.45) is 0. The van der Waals surface area contributed by atoms with Crippen LogP contribution < -0.4 is 5.09 Å². The highest BCUT2D eigenvalue weighted by molar-refractivity contribution is 7.53. The molecule has 0 aliphatic carbocycles. The van der Waals surface area contributed by atoms with Gasteiger partial charge in [0.2, 0.25) is 0 Å². The number of hydrogen-bond donors (Lipinski definition) is 4. The fourth-order valence-electron chi connectivity index (χ4n) is 0.856. The standard InChI is InChI=1S/C7H8NO5P/c9-7(10)5-1-3-6(4-2-5)8-14(11,12)13/h1-4H,(H,9,10)(H3,8,11,12,13). The molecule has 0 bridgehead atoms. The van der Waals surface area contributed by atoms with Gasteiger partial charge in [-0.15, -0.1) is 0 Å². The summed E-state index contributed by atoms with van der Waals surface area (Å²) >= 11 is 0. The maximum absolute atomic E-state index is 10.5. The monoisotopic (exact) mass is 217 g/mol. The molecule has 0 aromatic heterocycles. The van der Waals surface area contributed by atoms with Crippen LogP contribution in [0.4, 0.5) is 5.69 Å². The van der Waals surface area contributed by atoms with E-state index in [1.54, 1.807) is 0 Å². The summed E-state index contributed by atoms with van der Waals surface area (Å²) in [7, 11) is -4.32. The van der Waals surface area contributed by atoms with Crippen LogP contribution in [-0.2, 0) is 4.57 Å². The smallest absolute Gasteiger partial charge is 0.427 e. The van der Waals surface area contributed by atoms with Gasteiger partial charge in [-0.05, 0) is 24.3 Å². The lowest BCUT2D eigenvalue weighted by atomic mass is 10.2. The van der Waals surface area contributed by atoms with Crippen LogP contribution in [0.25, 0.3) is 0 Å². The minimum atomic E-state index is -4.32. The molecule has 0 amide bonds. The third-order valence-corrected chi connectivity index (χ3v) is 1.96. The quantitative estimate of drug-likeness (QED) is 0.560. The highest BCUT2D eigenvalue weighted by Crippen LogP contribution is 2.34. The average molecular weight is 217 g/mol. The number of carboxylic acid groups (broad SMARTS) is 1. The van der Waals surface area contributed by atoms with E-state index >= 15 is 0 Å². The van der Waals surface area contributed by atoms with Crippen LogP contribution in [0.5, 0.6) is 0 Å². The van der Waals surface area contributed by atoms with Crippen molar-refractivity contribution in [1.82, 2.24) is 0 Å². The summed E-state index contributed by atoms with van der Waals surface area (Å²) in [6, 6.07) is 5.06. The van der Waals surface area contributed by atoms with Crippen LogP contribution in [0, 0.1) is 0 Å². The SMILES string of the molecule is O=C(O)c1ccc(NP(=O)(O)O)cc1. The first kappa shape index (κ1) is 10.7. The summed E-state index contributed by atoms with van der Waals surface area (Å²) < 4.78 is 10.5. The van der Waals surface area contributed by atoms with Crippen molar-refractivity contribution in [3.8, 4) is 0 Å². The number of nitrogens with one attached hydrogen (secondary N) is 1. The van der Waals surface area contributed by atoms with Crippen molar-refractivity contribution in [2.24, 2.45) is 0 Å². The molecule has 0 radical (unpaired) electrons. The van der Waals surface area contributed by atoms with E-state index < -0.39 is 13.7 Å². The van der Waals surface area contributed by atoms with E-state index in [0.29, 0.717) is 0 Å². The maximum atomic E-state index is 10.5. The van der Waals surface area contributed by atoms with Gasteiger partial charge >= 0.3 is 13.7 Å². The van der Waals surface area contributed by atoms with E-state index in [4.69, 9.17) is 14.9 Å². The zero-order valence-corrected chi connectivity index (χ0v) is 7.81. The fourth-order valence-corrected chi connectivity index (χ4v) is 1.34. The maximum Gasteiger partial charge on any atom is 0.427 e. The predicted octanol–water partition coefficient (Wildman–Crippen LogP) is 0.889.